The largest absolute Gasteiger partial charge is 0.476 e. The fraction of sp³-hybridized carbons (Fsp3) is 0.667. The van der Waals surface area contributed by atoms with Crippen molar-refractivity contribution in [1.82, 2.24) is 25.4 Å². The van der Waals surface area contributed by atoms with Gasteiger partial charge in [0.05, 0.1) is 13.2 Å². The Morgan fingerprint density at radius 1 is 1.35 bits per heavy atom. The van der Waals surface area contributed by atoms with Gasteiger partial charge in [-0.2, -0.15) is 0 Å². The van der Waals surface area contributed by atoms with Crippen molar-refractivity contribution in [1.29, 1.82) is 0 Å². The SMILES string of the molecule is CN=C(NCCN1CCOCC1)NCc1ccnc(OCCN(C)C)c1. The first-order valence-electron chi connectivity index (χ1n) is 9.14. The molecule has 0 unspecified atom stereocenters. The molecule has 0 bridgehead atoms. The van der Waals surface area contributed by atoms with Crippen LogP contribution < -0.4 is 15.4 Å². The van der Waals surface area contributed by atoms with Crippen LogP contribution in [0.5, 0.6) is 5.88 Å². The third-order valence-corrected chi connectivity index (χ3v) is 4.10. The number of aromatic nitrogens is 1. The molecule has 8 heteroatoms. The molecule has 146 valence electrons. The van der Waals surface area contributed by atoms with Gasteiger partial charge in [-0.3, -0.25) is 9.89 Å². The molecule has 1 saturated heterocycles. The maximum absolute atomic E-state index is 5.68. The van der Waals surface area contributed by atoms with Crippen LogP contribution in [0.4, 0.5) is 0 Å². The maximum atomic E-state index is 5.68. The van der Waals surface area contributed by atoms with Crippen LogP contribution in [0.15, 0.2) is 23.3 Å². The van der Waals surface area contributed by atoms with Crippen LogP contribution in [0.25, 0.3) is 0 Å². The predicted octanol–water partition coefficient (Wildman–Crippen LogP) is 0.0192. The minimum Gasteiger partial charge on any atom is -0.476 e. The number of ether oxygens (including phenoxy) is 2. The van der Waals surface area contributed by atoms with Gasteiger partial charge in [0.25, 0.3) is 0 Å². The summed E-state index contributed by atoms with van der Waals surface area (Å²) in [5.74, 6) is 1.45. The molecule has 2 heterocycles. The maximum Gasteiger partial charge on any atom is 0.213 e. The Morgan fingerprint density at radius 3 is 2.88 bits per heavy atom. The van der Waals surface area contributed by atoms with Gasteiger partial charge in [0.1, 0.15) is 6.61 Å². The van der Waals surface area contributed by atoms with Crippen LogP contribution >= 0.6 is 0 Å². The summed E-state index contributed by atoms with van der Waals surface area (Å²) in [6.45, 7) is 7.66. The lowest BCUT2D eigenvalue weighted by molar-refractivity contribution is 0.0389. The molecular weight excluding hydrogens is 332 g/mol. The quantitative estimate of drug-likeness (QED) is 0.473. The lowest BCUT2D eigenvalue weighted by atomic mass is 10.2. The fourth-order valence-corrected chi connectivity index (χ4v) is 2.54. The molecule has 0 saturated carbocycles. The summed E-state index contributed by atoms with van der Waals surface area (Å²) in [6.07, 6.45) is 1.77. The van der Waals surface area contributed by atoms with E-state index >= 15 is 0 Å². The second-order valence-corrected chi connectivity index (χ2v) is 6.46. The van der Waals surface area contributed by atoms with Crippen molar-refractivity contribution in [2.45, 2.75) is 6.54 Å². The zero-order chi connectivity index (χ0) is 18.6. The van der Waals surface area contributed by atoms with Gasteiger partial charge in [0.2, 0.25) is 5.88 Å². The number of hydrogen-bond donors (Lipinski definition) is 2. The summed E-state index contributed by atoms with van der Waals surface area (Å²) in [4.78, 5) is 13.0. The molecule has 1 aliphatic rings. The van der Waals surface area contributed by atoms with Crippen molar-refractivity contribution < 1.29 is 9.47 Å². The molecule has 26 heavy (non-hydrogen) atoms. The van der Waals surface area contributed by atoms with Gasteiger partial charge >= 0.3 is 0 Å². The van der Waals surface area contributed by atoms with E-state index in [1.165, 1.54) is 0 Å². The second kappa shape index (κ2) is 11.7. The standard InChI is InChI=1S/C18H32N6O2/c1-19-18(21-6-7-24-9-11-25-12-10-24)22-15-16-4-5-20-17(14-16)26-13-8-23(2)3/h4-5,14H,6-13,15H2,1-3H3,(H2,19,21,22). The van der Waals surface area contributed by atoms with Gasteiger partial charge in [-0.15, -0.1) is 0 Å². The molecule has 2 rings (SSSR count). The number of hydrogen-bond acceptors (Lipinski definition) is 6. The van der Waals surface area contributed by atoms with Crippen LogP contribution in [0.1, 0.15) is 5.56 Å². The summed E-state index contributed by atoms with van der Waals surface area (Å²) < 4.78 is 11.0. The average molecular weight is 364 g/mol. The van der Waals surface area contributed by atoms with Crippen LogP contribution in [0.3, 0.4) is 0 Å². The van der Waals surface area contributed by atoms with Gasteiger partial charge in [-0.05, 0) is 25.7 Å². The van der Waals surface area contributed by atoms with Gasteiger partial charge in [-0.25, -0.2) is 4.98 Å². The molecule has 1 aliphatic heterocycles. The molecule has 1 aromatic heterocycles. The van der Waals surface area contributed by atoms with Crippen molar-refractivity contribution in [2.75, 3.05) is 73.7 Å². The lowest BCUT2D eigenvalue weighted by Gasteiger charge is -2.26. The molecule has 1 aromatic rings. The van der Waals surface area contributed by atoms with Gasteiger partial charge in [0, 0.05) is 58.6 Å². The Morgan fingerprint density at radius 2 is 2.15 bits per heavy atom. The lowest BCUT2D eigenvalue weighted by Crippen LogP contribution is -2.44. The molecule has 0 spiro atoms. The number of likely N-dealkylation sites (N-methyl/N-ethyl adjacent to an activating group) is 1. The van der Waals surface area contributed by atoms with E-state index in [0.717, 1.165) is 57.5 Å². The van der Waals surface area contributed by atoms with Crippen LogP contribution in [0.2, 0.25) is 0 Å². The minimum absolute atomic E-state index is 0.627. The zero-order valence-corrected chi connectivity index (χ0v) is 16.2. The number of pyridine rings is 1. The number of nitrogens with zero attached hydrogens (tertiary/aromatic N) is 4. The van der Waals surface area contributed by atoms with Gasteiger partial charge in [-0.1, -0.05) is 0 Å². The Labute approximate surface area is 156 Å². The first-order valence-corrected chi connectivity index (χ1v) is 9.14. The monoisotopic (exact) mass is 364 g/mol. The third-order valence-electron chi connectivity index (χ3n) is 4.10. The summed E-state index contributed by atoms with van der Waals surface area (Å²) in [6, 6.07) is 3.94. The third kappa shape index (κ3) is 7.99. The van der Waals surface area contributed by atoms with E-state index in [4.69, 9.17) is 9.47 Å². The number of aliphatic imine (C=N–C) groups is 1. The van der Waals surface area contributed by atoms with Crippen LogP contribution in [0, 0.1) is 0 Å². The molecule has 0 atom stereocenters. The Balaban J connectivity index is 1.70. The van der Waals surface area contributed by atoms with E-state index < -0.39 is 0 Å². The molecule has 0 amide bonds. The highest BCUT2D eigenvalue weighted by molar-refractivity contribution is 5.79. The Kier molecular flexibility index (Phi) is 9.16. The summed E-state index contributed by atoms with van der Waals surface area (Å²) >= 11 is 0. The second-order valence-electron chi connectivity index (χ2n) is 6.46. The zero-order valence-electron chi connectivity index (χ0n) is 16.2. The molecule has 0 aromatic carbocycles. The van der Waals surface area contributed by atoms with E-state index in [-0.39, 0.29) is 0 Å². The van der Waals surface area contributed by atoms with E-state index in [2.05, 4.69) is 30.4 Å². The van der Waals surface area contributed by atoms with Crippen molar-refractivity contribution in [2.24, 2.45) is 4.99 Å². The normalized spacial score (nSPS) is 15.9. The molecule has 2 N–H and O–H groups in total. The van der Waals surface area contributed by atoms with E-state index in [1.54, 1.807) is 13.2 Å². The number of nitrogens with one attached hydrogen (secondary N) is 2. The van der Waals surface area contributed by atoms with Gasteiger partial charge in [0.15, 0.2) is 5.96 Å². The Bertz CT molecular complexity index is 546. The first-order chi connectivity index (χ1) is 12.7. The minimum atomic E-state index is 0.627. The molecular formula is C18H32N6O2. The van der Waals surface area contributed by atoms with Gasteiger partial charge < -0.3 is 25.0 Å². The molecule has 0 aliphatic carbocycles. The van der Waals surface area contributed by atoms with Crippen molar-refractivity contribution >= 4 is 5.96 Å². The van der Waals surface area contributed by atoms with Crippen molar-refractivity contribution in [3.05, 3.63) is 23.9 Å². The first kappa shape index (κ1) is 20.4. The Hall–Kier alpha value is -1.90. The highest BCUT2D eigenvalue weighted by atomic mass is 16.5. The average Bonchev–Trinajstić information content (AvgIpc) is 2.65. The smallest absolute Gasteiger partial charge is 0.213 e. The van der Waals surface area contributed by atoms with Crippen molar-refractivity contribution in [3.63, 3.8) is 0 Å². The summed E-state index contributed by atoms with van der Waals surface area (Å²) in [5, 5.41) is 6.68. The number of guanidine groups is 1. The molecule has 0 radical (unpaired) electrons. The van der Waals surface area contributed by atoms with Crippen molar-refractivity contribution in [3.8, 4) is 5.88 Å². The predicted molar refractivity (Wildman–Crippen MR) is 104 cm³/mol. The molecule has 1 fully saturated rings. The number of morpholine rings is 1. The summed E-state index contributed by atoms with van der Waals surface area (Å²) in [5.41, 5.74) is 1.11. The van der Waals surface area contributed by atoms with E-state index in [9.17, 15) is 0 Å². The fourth-order valence-electron chi connectivity index (χ4n) is 2.54. The summed E-state index contributed by atoms with van der Waals surface area (Å²) in [7, 11) is 5.83. The van der Waals surface area contributed by atoms with Crippen LogP contribution in [-0.4, -0.2) is 94.4 Å². The van der Waals surface area contributed by atoms with E-state index in [1.807, 2.05) is 26.2 Å². The molecule has 8 nitrogen and oxygen atoms in total. The van der Waals surface area contributed by atoms with E-state index in [0.29, 0.717) is 19.0 Å². The highest BCUT2D eigenvalue weighted by Crippen LogP contribution is 2.09. The topological polar surface area (TPSA) is 74.2 Å². The number of rotatable bonds is 9. The highest BCUT2D eigenvalue weighted by Gasteiger charge is 2.09. The van der Waals surface area contributed by atoms with Crippen LogP contribution in [-0.2, 0) is 11.3 Å².